The maximum absolute atomic E-state index is 14.8. The van der Waals surface area contributed by atoms with E-state index in [1.807, 2.05) is 6.92 Å². The van der Waals surface area contributed by atoms with Crippen molar-refractivity contribution in [1.82, 2.24) is 19.9 Å². The quantitative estimate of drug-likeness (QED) is 0.657. The lowest BCUT2D eigenvalue weighted by molar-refractivity contribution is 0.0820. The minimum absolute atomic E-state index is 0.00732. The smallest absolute Gasteiger partial charge is 0.319 e. The molecule has 3 aliphatic heterocycles. The zero-order chi connectivity index (χ0) is 21.6. The number of rotatable bonds is 4. The second kappa shape index (κ2) is 8.26. The van der Waals surface area contributed by atoms with Gasteiger partial charge in [0.15, 0.2) is 11.0 Å². The Morgan fingerprint density at radius 2 is 2.16 bits per heavy atom. The fourth-order valence-electron chi connectivity index (χ4n) is 5.14. The first-order valence-corrected chi connectivity index (χ1v) is 11.2. The molecule has 2 aromatic rings. The minimum atomic E-state index is -0.849. The third kappa shape index (κ3) is 3.91. The predicted molar refractivity (Wildman–Crippen MR) is 113 cm³/mol. The van der Waals surface area contributed by atoms with Gasteiger partial charge in [-0.3, -0.25) is 4.90 Å². The molecule has 3 aliphatic rings. The van der Waals surface area contributed by atoms with Crippen molar-refractivity contribution in [2.75, 3.05) is 44.3 Å². The van der Waals surface area contributed by atoms with Crippen LogP contribution in [-0.2, 0) is 4.74 Å². The van der Waals surface area contributed by atoms with Gasteiger partial charge >= 0.3 is 6.01 Å². The lowest BCUT2D eigenvalue weighted by atomic mass is 9.95. The molecule has 3 saturated heterocycles. The Labute approximate surface area is 184 Å². The summed E-state index contributed by atoms with van der Waals surface area (Å²) < 4.78 is 40.7. The topological polar surface area (TPSA) is 63.6 Å². The summed E-state index contributed by atoms with van der Waals surface area (Å²) in [5.41, 5.74) is -0.259. The molecule has 0 radical (unpaired) electrons. The highest BCUT2D eigenvalue weighted by Crippen LogP contribution is 2.40. The summed E-state index contributed by atoms with van der Waals surface area (Å²) in [7, 11) is 0. The van der Waals surface area contributed by atoms with Crippen molar-refractivity contribution >= 4 is 28.3 Å². The lowest BCUT2D eigenvalue weighted by Gasteiger charge is -2.31. The highest BCUT2D eigenvalue weighted by Gasteiger charge is 2.49. The molecule has 168 valence electrons. The largest absolute Gasteiger partial charge is 0.461 e. The van der Waals surface area contributed by atoms with Crippen molar-refractivity contribution in [1.29, 1.82) is 0 Å². The van der Waals surface area contributed by atoms with E-state index in [1.165, 1.54) is 6.20 Å². The summed E-state index contributed by atoms with van der Waals surface area (Å²) in [5.74, 6) is -0.145. The molecule has 3 fully saturated rings. The summed E-state index contributed by atoms with van der Waals surface area (Å²) in [6.07, 6.45) is 3.81. The average Bonchev–Trinajstić information content (AvgIpc) is 3.17. The fourth-order valence-corrected chi connectivity index (χ4v) is 5.28. The number of hydrogen-bond donors (Lipinski definition) is 0. The van der Waals surface area contributed by atoms with E-state index in [1.54, 1.807) is 0 Å². The highest BCUT2D eigenvalue weighted by atomic mass is 35.5. The average molecular weight is 454 g/mol. The molecule has 0 spiro atoms. The lowest BCUT2D eigenvalue weighted by Crippen LogP contribution is -2.43. The van der Waals surface area contributed by atoms with Crippen molar-refractivity contribution in [3.8, 4) is 6.01 Å². The number of hydrogen-bond acceptors (Lipinski definition) is 7. The van der Waals surface area contributed by atoms with E-state index in [2.05, 4.69) is 24.8 Å². The first-order valence-electron chi connectivity index (χ1n) is 10.9. The van der Waals surface area contributed by atoms with Crippen LogP contribution < -0.4 is 9.64 Å². The molecule has 0 bridgehead atoms. The Morgan fingerprint density at radius 3 is 3.03 bits per heavy atom. The van der Waals surface area contributed by atoms with Crippen LogP contribution >= 0.6 is 11.6 Å². The van der Waals surface area contributed by atoms with Gasteiger partial charge in [0.1, 0.15) is 24.1 Å². The van der Waals surface area contributed by atoms with Crippen molar-refractivity contribution in [2.24, 2.45) is 0 Å². The maximum atomic E-state index is 14.8. The van der Waals surface area contributed by atoms with E-state index in [4.69, 9.17) is 21.1 Å². The van der Waals surface area contributed by atoms with Crippen LogP contribution in [0.4, 0.5) is 14.6 Å². The Hall–Kier alpha value is -1.84. The van der Waals surface area contributed by atoms with Crippen LogP contribution in [0.1, 0.15) is 32.6 Å². The van der Waals surface area contributed by atoms with Crippen LogP contribution in [0, 0.1) is 5.82 Å². The van der Waals surface area contributed by atoms with Crippen LogP contribution in [0.25, 0.3) is 10.9 Å². The number of nitrogens with zero attached hydrogens (tertiary/aromatic N) is 5. The first kappa shape index (κ1) is 21.0. The molecule has 1 unspecified atom stereocenters. The van der Waals surface area contributed by atoms with Gasteiger partial charge in [0.25, 0.3) is 0 Å². The molecule has 7 nitrogen and oxygen atoms in total. The second-order valence-electron chi connectivity index (χ2n) is 8.80. The number of anilines is 1. The number of ether oxygens (including phenoxy) is 2. The normalized spacial score (nSPS) is 29.4. The van der Waals surface area contributed by atoms with Gasteiger partial charge in [-0.05, 0) is 32.7 Å². The number of fused-ring (bicyclic) bond motifs is 2. The van der Waals surface area contributed by atoms with E-state index in [9.17, 15) is 8.78 Å². The zero-order valence-electron chi connectivity index (χ0n) is 17.5. The van der Waals surface area contributed by atoms with E-state index >= 15 is 0 Å². The fraction of sp³-hybridized carbons (Fsp3) is 0.667. The van der Waals surface area contributed by atoms with Crippen molar-refractivity contribution in [3.05, 3.63) is 17.2 Å². The van der Waals surface area contributed by atoms with Gasteiger partial charge < -0.3 is 14.4 Å². The maximum Gasteiger partial charge on any atom is 0.319 e. The molecule has 31 heavy (non-hydrogen) atoms. The Bertz CT molecular complexity index is 982. The number of aromatic nitrogens is 3. The van der Waals surface area contributed by atoms with Gasteiger partial charge in [-0.2, -0.15) is 9.97 Å². The monoisotopic (exact) mass is 453 g/mol. The van der Waals surface area contributed by atoms with E-state index < -0.39 is 12.0 Å². The van der Waals surface area contributed by atoms with Crippen LogP contribution in [0.15, 0.2) is 6.20 Å². The molecule has 0 N–H and O–H groups in total. The van der Waals surface area contributed by atoms with Gasteiger partial charge in [-0.15, -0.1) is 0 Å². The minimum Gasteiger partial charge on any atom is -0.461 e. The van der Waals surface area contributed by atoms with Crippen LogP contribution in [0.3, 0.4) is 0 Å². The SMILES string of the molecule is CC1CN(c2nc(OC[C@@]34CCCN3C[C@H](F)C4)nc3c(F)c(Cl)ncc23)CCCO1. The number of halogens is 3. The number of alkyl halides is 1. The van der Waals surface area contributed by atoms with E-state index in [0.717, 1.165) is 25.8 Å². The molecule has 0 saturated carbocycles. The molecular weight excluding hydrogens is 428 g/mol. The van der Waals surface area contributed by atoms with Crippen LogP contribution in [-0.4, -0.2) is 77.1 Å². The summed E-state index contributed by atoms with van der Waals surface area (Å²) in [6, 6.07) is 0.0741. The van der Waals surface area contributed by atoms with Gasteiger partial charge in [-0.1, -0.05) is 11.6 Å². The summed E-state index contributed by atoms with van der Waals surface area (Å²) in [4.78, 5) is 17.1. The Balaban J connectivity index is 1.50. The third-order valence-corrected chi connectivity index (χ3v) is 6.85. The highest BCUT2D eigenvalue weighted by molar-refractivity contribution is 6.30. The summed E-state index contributed by atoms with van der Waals surface area (Å²) in [6.45, 7) is 5.56. The predicted octanol–water partition coefficient (Wildman–Crippen LogP) is 3.39. The van der Waals surface area contributed by atoms with Crippen LogP contribution in [0.5, 0.6) is 6.01 Å². The molecule has 0 aromatic carbocycles. The number of pyridine rings is 1. The molecule has 2 aromatic heterocycles. The standard InChI is InChI=1S/C21H26ClF2N5O2/c1-13-10-28(5-3-7-30-13)19-15-9-25-18(22)16(24)17(15)26-20(27-19)31-12-21-4-2-6-29(21)11-14(23)8-21/h9,13-14H,2-8,10-12H2,1H3/t13?,14-,21+/m1/s1. The Morgan fingerprint density at radius 1 is 1.29 bits per heavy atom. The third-order valence-electron chi connectivity index (χ3n) is 6.58. The van der Waals surface area contributed by atoms with Gasteiger partial charge in [0, 0.05) is 38.9 Å². The molecule has 0 amide bonds. The summed E-state index contributed by atoms with van der Waals surface area (Å²) in [5, 5.41) is 0.237. The van der Waals surface area contributed by atoms with Crippen molar-refractivity contribution in [2.45, 2.75) is 50.4 Å². The van der Waals surface area contributed by atoms with Crippen molar-refractivity contribution < 1.29 is 18.3 Å². The van der Waals surface area contributed by atoms with E-state index in [0.29, 0.717) is 43.9 Å². The van der Waals surface area contributed by atoms with Gasteiger partial charge in [0.2, 0.25) is 0 Å². The van der Waals surface area contributed by atoms with Crippen molar-refractivity contribution in [3.63, 3.8) is 0 Å². The molecule has 3 atom stereocenters. The molecular formula is C21H26ClF2N5O2. The molecule has 0 aliphatic carbocycles. The van der Waals surface area contributed by atoms with Gasteiger partial charge in [-0.25, -0.2) is 13.8 Å². The first-order chi connectivity index (χ1) is 14.9. The van der Waals surface area contributed by atoms with Crippen LogP contribution in [0.2, 0.25) is 5.15 Å². The van der Waals surface area contributed by atoms with E-state index in [-0.39, 0.29) is 34.9 Å². The summed E-state index contributed by atoms with van der Waals surface area (Å²) >= 11 is 5.93. The molecule has 5 heterocycles. The molecule has 5 rings (SSSR count). The van der Waals surface area contributed by atoms with Gasteiger partial charge in [0.05, 0.1) is 17.0 Å². The second-order valence-corrected chi connectivity index (χ2v) is 9.16. The zero-order valence-corrected chi connectivity index (χ0v) is 18.2. The Kier molecular flexibility index (Phi) is 5.60. The molecule has 10 heteroatoms.